The van der Waals surface area contributed by atoms with Crippen LogP contribution in [0, 0.1) is 10.1 Å². The maximum atomic E-state index is 12.0. The number of nitro benzene ring substituents is 1. The third-order valence-corrected chi connectivity index (χ3v) is 2.94. The van der Waals surface area contributed by atoms with Gasteiger partial charge in [-0.05, 0) is 45.6 Å². The number of nitro groups is 1. The summed E-state index contributed by atoms with van der Waals surface area (Å²) < 4.78 is 0. The minimum atomic E-state index is -0.615. The van der Waals surface area contributed by atoms with E-state index in [1.807, 2.05) is 14.1 Å². The molecule has 1 rings (SSSR count). The zero-order valence-electron chi connectivity index (χ0n) is 12.3. The number of hydrazine groups is 1. The van der Waals surface area contributed by atoms with Crippen LogP contribution in [-0.2, 0) is 0 Å². The van der Waals surface area contributed by atoms with Crippen LogP contribution in [-0.4, -0.2) is 42.9 Å². The SMILES string of the molecule is CN(C)CCCCNC(=O)c1cccc(NN)c1[N+](=O)[O-]. The van der Waals surface area contributed by atoms with Gasteiger partial charge >= 0.3 is 5.69 Å². The van der Waals surface area contributed by atoms with Crippen LogP contribution in [0.3, 0.4) is 0 Å². The third kappa shape index (κ3) is 5.01. The average Bonchev–Trinajstić information content (AvgIpc) is 2.45. The summed E-state index contributed by atoms with van der Waals surface area (Å²) in [5.41, 5.74) is 2.03. The highest BCUT2D eigenvalue weighted by atomic mass is 16.6. The Morgan fingerprint density at radius 1 is 1.38 bits per heavy atom. The van der Waals surface area contributed by atoms with Gasteiger partial charge in [-0.15, -0.1) is 0 Å². The number of para-hydroxylation sites is 1. The summed E-state index contributed by atoms with van der Waals surface area (Å²) in [6.45, 7) is 1.41. The van der Waals surface area contributed by atoms with E-state index in [1.54, 1.807) is 6.07 Å². The second-order valence-corrected chi connectivity index (χ2v) is 4.87. The summed E-state index contributed by atoms with van der Waals surface area (Å²) in [6, 6.07) is 4.41. The second kappa shape index (κ2) is 8.18. The molecule has 8 nitrogen and oxygen atoms in total. The lowest BCUT2D eigenvalue weighted by Gasteiger charge is -2.10. The highest BCUT2D eigenvalue weighted by Gasteiger charge is 2.23. The van der Waals surface area contributed by atoms with E-state index in [1.165, 1.54) is 12.1 Å². The zero-order valence-corrected chi connectivity index (χ0v) is 12.3. The first-order valence-corrected chi connectivity index (χ1v) is 6.64. The number of amides is 1. The number of benzene rings is 1. The Kier molecular flexibility index (Phi) is 6.57. The summed E-state index contributed by atoms with van der Waals surface area (Å²) in [5.74, 6) is 4.77. The number of unbranched alkanes of at least 4 members (excludes halogenated alkanes) is 1. The Hall–Kier alpha value is -2.19. The number of nitrogens with one attached hydrogen (secondary N) is 2. The average molecular weight is 295 g/mol. The molecule has 0 unspecified atom stereocenters. The van der Waals surface area contributed by atoms with Gasteiger partial charge in [-0.2, -0.15) is 0 Å². The van der Waals surface area contributed by atoms with Gasteiger partial charge in [0, 0.05) is 6.54 Å². The lowest BCUT2D eigenvalue weighted by Crippen LogP contribution is -2.26. The number of nitrogen functional groups attached to an aromatic ring is 1. The van der Waals surface area contributed by atoms with E-state index in [2.05, 4.69) is 15.6 Å². The summed E-state index contributed by atoms with van der Waals surface area (Å²) in [4.78, 5) is 24.6. The molecule has 0 aliphatic rings. The fourth-order valence-corrected chi connectivity index (χ4v) is 1.89. The van der Waals surface area contributed by atoms with Gasteiger partial charge in [0.05, 0.1) is 4.92 Å². The zero-order chi connectivity index (χ0) is 15.8. The molecule has 0 spiro atoms. The fraction of sp³-hybridized carbons (Fsp3) is 0.462. The van der Waals surface area contributed by atoms with Crippen LogP contribution in [0.2, 0.25) is 0 Å². The van der Waals surface area contributed by atoms with Crippen molar-refractivity contribution in [2.24, 2.45) is 5.84 Å². The first-order chi connectivity index (χ1) is 9.97. The Morgan fingerprint density at radius 2 is 2.10 bits per heavy atom. The normalized spacial score (nSPS) is 10.5. The molecule has 0 bridgehead atoms. The molecule has 21 heavy (non-hydrogen) atoms. The first kappa shape index (κ1) is 16.9. The molecule has 0 radical (unpaired) electrons. The standard InChI is InChI=1S/C13H21N5O3/c1-17(2)9-4-3-8-15-13(19)10-6-5-7-11(16-14)12(10)18(20)21/h5-7,16H,3-4,8-9,14H2,1-2H3,(H,15,19). The maximum Gasteiger partial charge on any atom is 0.306 e. The monoisotopic (exact) mass is 295 g/mol. The van der Waals surface area contributed by atoms with Gasteiger partial charge in [0.25, 0.3) is 5.91 Å². The van der Waals surface area contributed by atoms with Gasteiger partial charge in [-0.1, -0.05) is 6.07 Å². The third-order valence-electron chi connectivity index (χ3n) is 2.94. The molecule has 1 amide bonds. The Morgan fingerprint density at radius 3 is 2.67 bits per heavy atom. The lowest BCUT2D eigenvalue weighted by molar-refractivity contribution is -0.384. The van der Waals surface area contributed by atoms with Crippen molar-refractivity contribution in [1.29, 1.82) is 0 Å². The van der Waals surface area contributed by atoms with Crippen molar-refractivity contribution >= 4 is 17.3 Å². The Bertz CT molecular complexity index is 505. The summed E-state index contributed by atoms with van der Waals surface area (Å²) in [5, 5.41) is 13.8. The number of nitrogens with two attached hydrogens (primary N) is 1. The van der Waals surface area contributed by atoms with E-state index in [0.29, 0.717) is 6.54 Å². The van der Waals surface area contributed by atoms with Gasteiger partial charge in [-0.3, -0.25) is 20.8 Å². The molecule has 0 saturated heterocycles. The van der Waals surface area contributed by atoms with Crippen LogP contribution in [0.5, 0.6) is 0 Å². The van der Waals surface area contributed by atoms with Crippen molar-refractivity contribution in [1.82, 2.24) is 10.2 Å². The van der Waals surface area contributed by atoms with Crippen LogP contribution < -0.4 is 16.6 Å². The molecule has 1 aromatic carbocycles. The van der Waals surface area contributed by atoms with E-state index in [9.17, 15) is 14.9 Å². The van der Waals surface area contributed by atoms with Crippen LogP contribution in [0.1, 0.15) is 23.2 Å². The molecule has 0 atom stereocenters. The highest BCUT2D eigenvalue weighted by molar-refractivity contribution is 6.00. The largest absolute Gasteiger partial charge is 0.352 e. The van der Waals surface area contributed by atoms with Crippen molar-refractivity contribution in [3.05, 3.63) is 33.9 Å². The van der Waals surface area contributed by atoms with E-state index >= 15 is 0 Å². The predicted octanol–water partition coefficient (Wildman–Crippen LogP) is 0.952. The van der Waals surface area contributed by atoms with Crippen LogP contribution in [0.4, 0.5) is 11.4 Å². The fourth-order valence-electron chi connectivity index (χ4n) is 1.89. The van der Waals surface area contributed by atoms with Crippen molar-refractivity contribution in [3.63, 3.8) is 0 Å². The smallest absolute Gasteiger partial charge is 0.306 e. The number of hydrogen-bond acceptors (Lipinski definition) is 6. The predicted molar refractivity (Wildman–Crippen MR) is 81.0 cm³/mol. The molecule has 0 saturated carbocycles. The van der Waals surface area contributed by atoms with Crippen LogP contribution >= 0.6 is 0 Å². The molecule has 0 aliphatic carbocycles. The van der Waals surface area contributed by atoms with E-state index in [4.69, 9.17) is 5.84 Å². The molecule has 0 heterocycles. The topological polar surface area (TPSA) is 114 Å². The van der Waals surface area contributed by atoms with E-state index in [0.717, 1.165) is 19.4 Å². The minimum Gasteiger partial charge on any atom is -0.352 e. The van der Waals surface area contributed by atoms with E-state index in [-0.39, 0.29) is 16.9 Å². The van der Waals surface area contributed by atoms with Crippen molar-refractivity contribution < 1.29 is 9.72 Å². The second-order valence-electron chi connectivity index (χ2n) is 4.87. The lowest BCUT2D eigenvalue weighted by atomic mass is 10.1. The Balaban J connectivity index is 2.68. The summed E-state index contributed by atoms with van der Waals surface area (Å²) in [6.07, 6.45) is 1.76. The van der Waals surface area contributed by atoms with Crippen LogP contribution in [0.25, 0.3) is 0 Å². The summed E-state index contributed by atoms with van der Waals surface area (Å²) in [7, 11) is 3.96. The molecule has 0 aliphatic heterocycles. The van der Waals surface area contributed by atoms with Gasteiger partial charge in [-0.25, -0.2) is 0 Å². The minimum absolute atomic E-state index is 0.00283. The van der Waals surface area contributed by atoms with Gasteiger partial charge in [0.1, 0.15) is 11.3 Å². The molecule has 4 N–H and O–H groups in total. The van der Waals surface area contributed by atoms with Gasteiger partial charge < -0.3 is 15.6 Å². The molecule has 0 fully saturated rings. The number of rotatable bonds is 8. The molecular weight excluding hydrogens is 274 g/mol. The number of anilines is 1. The molecule has 116 valence electrons. The van der Waals surface area contributed by atoms with Crippen LogP contribution in [0.15, 0.2) is 18.2 Å². The number of hydrogen-bond donors (Lipinski definition) is 3. The number of carbonyl (C=O) groups is 1. The van der Waals surface area contributed by atoms with Gasteiger partial charge in [0.15, 0.2) is 0 Å². The van der Waals surface area contributed by atoms with Crippen molar-refractivity contribution in [3.8, 4) is 0 Å². The van der Waals surface area contributed by atoms with Gasteiger partial charge in [0.2, 0.25) is 0 Å². The van der Waals surface area contributed by atoms with E-state index < -0.39 is 10.8 Å². The highest BCUT2D eigenvalue weighted by Crippen LogP contribution is 2.27. The molecular formula is C13H21N5O3. The molecule has 8 heteroatoms. The van der Waals surface area contributed by atoms with Crippen molar-refractivity contribution in [2.75, 3.05) is 32.6 Å². The number of nitrogens with zero attached hydrogens (tertiary/aromatic N) is 2. The van der Waals surface area contributed by atoms with Crippen molar-refractivity contribution in [2.45, 2.75) is 12.8 Å². The summed E-state index contributed by atoms with van der Waals surface area (Å²) >= 11 is 0. The number of carbonyl (C=O) groups excluding carboxylic acids is 1. The first-order valence-electron chi connectivity index (χ1n) is 6.64. The quantitative estimate of drug-likeness (QED) is 0.285. The Labute approximate surface area is 123 Å². The molecule has 0 aromatic heterocycles. The molecule has 1 aromatic rings. The maximum absolute atomic E-state index is 12.0.